The first-order valence-corrected chi connectivity index (χ1v) is 13.8. The molecule has 0 amide bonds. The zero-order valence-electron chi connectivity index (χ0n) is 21.2. The van der Waals surface area contributed by atoms with Gasteiger partial charge in [0.1, 0.15) is 5.75 Å². The highest BCUT2D eigenvalue weighted by atomic mass is 32.2. The summed E-state index contributed by atoms with van der Waals surface area (Å²) in [4.78, 5) is 2.19. The van der Waals surface area contributed by atoms with Crippen LogP contribution in [-0.4, -0.2) is 13.9 Å². The fourth-order valence-corrected chi connectivity index (χ4v) is 5.60. The lowest BCUT2D eigenvalue weighted by Gasteiger charge is -2.26. The molecule has 8 heteroatoms. The number of anilines is 3. The molecule has 4 nitrogen and oxygen atoms in total. The van der Waals surface area contributed by atoms with Gasteiger partial charge in [-0.05, 0) is 93.3 Å². The largest absolute Gasteiger partial charge is 0.534 e. The molecule has 0 unspecified atom stereocenters. The van der Waals surface area contributed by atoms with E-state index < -0.39 is 21.4 Å². The van der Waals surface area contributed by atoms with Crippen molar-refractivity contribution in [3.8, 4) is 5.75 Å². The van der Waals surface area contributed by atoms with Gasteiger partial charge in [0.15, 0.2) is 0 Å². The third-order valence-electron chi connectivity index (χ3n) is 6.86. The summed E-state index contributed by atoms with van der Waals surface area (Å²) in [5.74, 6) is -0.393. The van der Waals surface area contributed by atoms with Crippen molar-refractivity contribution in [2.75, 3.05) is 4.90 Å². The second-order valence-electron chi connectivity index (χ2n) is 9.46. The van der Waals surface area contributed by atoms with Crippen molar-refractivity contribution < 1.29 is 25.8 Å². The van der Waals surface area contributed by atoms with Crippen LogP contribution in [0.5, 0.6) is 5.75 Å². The molecule has 200 valence electrons. The Bertz CT molecular complexity index is 1950. The summed E-state index contributed by atoms with van der Waals surface area (Å²) in [7, 11) is -5.76. The molecule has 0 spiro atoms. The summed E-state index contributed by atoms with van der Waals surface area (Å²) in [5, 5.41) is 5.33. The molecular formula is C32H22F3NO3S. The fraction of sp³-hybridized carbons (Fsp3) is 0.0625. The molecular weight excluding hydrogens is 535 g/mol. The smallest absolute Gasteiger partial charge is 0.376 e. The van der Waals surface area contributed by atoms with E-state index in [9.17, 15) is 21.6 Å². The molecule has 0 radical (unpaired) electrons. The van der Waals surface area contributed by atoms with Gasteiger partial charge in [-0.2, -0.15) is 21.6 Å². The van der Waals surface area contributed by atoms with Gasteiger partial charge in [0.25, 0.3) is 0 Å². The van der Waals surface area contributed by atoms with E-state index in [1.54, 1.807) is 6.07 Å². The molecule has 0 heterocycles. The number of para-hydroxylation sites is 2. The van der Waals surface area contributed by atoms with Crippen LogP contribution in [0.3, 0.4) is 0 Å². The topological polar surface area (TPSA) is 46.6 Å². The minimum Gasteiger partial charge on any atom is -0.376 e. The number of aryl methyl sites for hydroxylation is 1. The van der Waals surface area contributed by atoms with Crippen molar-refractivity contribution in [3.05, 3.63) is 121 Å². The molecule has 0 N–H and O–H groups in total. The van der Waals surface area contributed by atoms with Crippen LogP contribution in [0, 0.1) is 6.92 Å². The fourth-order valence-electron chi connectivity index (χ4n) is 5.14. The minimum absolute atomic E-state index is 0.393. The molecule has 0 saturated heterocycles. The highest BCUT2D eigenvalue weighted by Gasteiger charge is 2.48. The summed E-state index contributed by atoms with van der Waals surface area (Å²) in [5.41, 5.74) is -1.55. The van der Waals surface area contributed by atoms with Crippen molar-refractivity contribution >= 4 is 59.5 Å². The van der Waals surface area contributed by atoms with E-state index in [0.717, 1.165) is 49.6 Å². The lowest BCUT2D eigenvalue weighted by Crippen LogP contribution is -2.28. The monoisotopic (exact) mass is 557 g/mol. The first kappa shape index (κ1) is 25.7. The van der Waals surface area contributed by atoms with Gasteiger partial charge >= 0.3 is 15.6 Å². The van der Waals surface area contributed by atoms with E-state index in [4.69, 9.17) is 0 Å². The zero-order valence-corrected chi connectivity index (χ0v) is 22.0. The Kier molecular flexibility index (Phi) is 6.15. The standard InChI is InChI=1S/C32H22F3NO3S/c1-21-18-23-20-27(39-40(37,38)32(33,34)35)14-17-28(23)30-15-12-22-19-26(13-16-29(22)31(21)30)36(24-8-4-2-5-9-24)25-10-6-3-7-11-25/h2-20H,1H3. The molecule has 6 rings (SSSR count). The first-order valence-electron chi connectivity index (χ1n) is 12.4. The van der Waals surface area contributed by atoms with Gasteiger partial charge in [-0.25, -0.2) is 0 Å². The van der Waals surface area contributed by atoms with Crippen LogP contribution >= 0.6 is 0 Å². The van der Waals surface area contributed by atoms with Crippen molar-refractivity contribution in [1.82, 2.24) is 0 Å². The quantitative estimate of drug-likeness (QED) is 0.120. The third kappa shape index (κ3) is 4.50. The lowest BCUT2D eigenvalue weighted by atomic mass is 9.93. The van der Waals surface area contributed by atoms with Gasteiger partial charge in [-0.1, -0.05) is 66.7 Å². The Morgan fingerprint density at radius 1 is 0.625 bits per heavy atom. The van der Waals surface area contributed by atoms with Crippen molar-refractivity contribution in [2.24, 2.45) is 0 Å². The number of alkyl halides is 3. The molecule has 0 fully saturated rings. The van der Waals surface area contributed by atoms with Crippen molar-refractivity contribution in [3.63, 3.8) is 0 Å². The molecule has 6 aromatic rings. The van der Waals surface area contributed by atoms with E-state index >= 15 is 0 Å². The SMILES string of the molecule is Cc1cc2cc(OS(=O)(=O)C(F)(F)F)ccc2c2ccc3cc(N(c4ccccc4)c4ccccc4)ccc3c12. The Morgan fingerprint density at radius 2 is 1.23 bits per heavy atom. The molecule has 0 aromatic heterocycles. The van der Waals surface area contributed by atoms with Gasteiger partial charge in [0, 0.05) is 17.1 Å². The molecule has 0 aliphatic carbocycles. The van der Waals surface area contributed by atoms with Crippen LogP contribution < -0.4 is 9.08 Å². The van der Waals surface area contributed by atoms with Gasteiger partial charge in [0.2, 0.25) is 0 Å². The summed E-state index contributed by atoms with van der Waals surface area (Å²) >= 11 is 0. The van der Waals surface area contributed by atoms with Gasteiger partial charge in [0.05, 0.1) is 0 Å². The molecule has 0 aliphatic heterocycles. The Labute approximate surface area is 229 Å². The molecule has 0 bridgehead atoms. The number of rotatable bonds is 5. The zero-order chi connectivity index (χ0) is 28.1. The number of benzene rings is 6. The van der Waals surface area contributed by atoms with Crippen LogP contribution in [0.15, 0.2) is 115 Å². The average Bonchev–Trinajstić information content (AvgIpc) is 2.93. The Balaban J connectivity index is 1.48. The summed E-state index contributed by atoms with van der Waals surface area (Å²) < 4.78 is 65.8. The predicted molar refractivity (Wildman–Crippen MR) is 154 cm³/mol. The van der Waals surface area contributed by atoms with E-state index in [0.29, 0.717) is 5.39 Å². The number of fused-ring (bicyclic) bond motifs is 5. The highest BCUT2D eigenvalue weighted by molar-refractivity contribution is 7.88. The molecule has 0 aliphatic rings. The number of halogens is 3. The van der Waals surface area contributed by atoms with Gasteiger partial charge in [-0.15, -0.1) is 0 Å². The molecule has 0 saturated carbocycles. The van der Waals surface area contributed by atoms with E-state index in [2.05, 4.69) is 51.5 Å². The van der Waals surface area contributed by atoms with E-state index in [1.165, 1.54) is 12.1 Å². The number of nitrogens with zero attached hydrogens (tertiary/aromatic N) is 1. The maximum atomic E-state index is 12.8. The molecule has 40 heavy (non-hydrogen) atoms. The van der Waals surface area contributed by atoms with Crippen molar-refractivity contribution in [1.29, 1.82) is 0 Å². The van der Waals surface area contributed by atoms with E-state index in [-0.39, 0.29) is 0 Å². The third-order valence-corrected chi connectivity index (χ3v) is 7.84. The molecule has 6 aromatic carbocycles. The van der Waals surface area contributed by atoms with Gasteiger partial charge < -0.3 is 9.08 Å². The van der Waals surface area contributed by atoms with Crippen LogP contribution in [0.1, 0.15) is 5.56 Å². The van der Waals surface area contributed by atoms with Crippen molar-refractivity contribution in [2.45, 2.75) is 12.4 Å². The van der Waals surface area contributed by atoms with Crippen LogP contribution in [0.4, 0.5) is 30.2 Å². The second kappa shape index (κ2) is 9.57. The van der Waals surface area contributed by atoms with Crippen LogP contribution in [0.25, 0.3) is 32.3 Å². The van der Waals surface area contributed by atoms with Crippen LogP contribution in [0.2, 0.25) is 0 Å². The van der Waals surface area contributed by atoms with Crippen LogP contribution in [-0.2, 0) is 10.1 Å². The first-order chi connectivity index (χ1) is 19.1. The Morgan fingerprint density at radius 3 is 1.85 bits per heavy atom. The number of hydrogen-bond acceptors (Lipinski definition) is 4. The minimum atomic E-state index is -5.76. The average molecular weight is 558 g/mol. The highest BCUT2D eigenvalue weighted by Crippen LogP contribution is 2.40. The number of hydrogen-bond donors (Lipinski definition) is 0. The molecule has 0 atom stereocenters. The van der Waals surface area contributed by atoms with E-state index in [1.807, 2.05) is 61.5 Å². The lowest BCUT2D eigenvalue weighted by molar-refractivity contribution is -0.0500. The predicted octanol–water partition coefficient (Wildman–Crippen LogP) is 9.15. The van der Waals surface area contributed by atoms with Gasteiger partial charge in [-0.3, -0.25) is 0 Å². The summed E-state index contributed by atoms with van der Waals surface area (Å²) in [6.45, 7) is 1.93. The maximum absolute atomic E-state index is 12.8. The summed E-state index contributed by atoms with van der Waals surface area (Å²) in [6, 6.07) is 36.5. The second-order valence-corrected chi connectivity index (χ2v) is 11.0. The summed E-state index contributed by atoms with van der Waals surface area (Å²) in [6.07, 6.45) is 0. The maximum Gasteiger partial charge on any atom is 0.534 e. The Hall–Kier alpha value is -4.56. The normalized spacial score (nSPS) is 12.2.